The van der Waals surface area contributed by atoms with Gasteiger partial charge in [-0.05, 0) is 23.3 Å². The number of hydrogen-bond donors (Lipinski definition) is 1. The van der Waals surface area contributed by atoms with Crippen molar-refractivity contribution in [2.24, 2.45) is 0 Å². The van der Waals surface area contributed by atoms with Crippen LogP contribution in [0.4, 0.5) is 0 Å². The van der Waals surface area contributed by atoms with Crippen molar-refractivity contribution in [1.29, 1.82) is 0 Å². The summed E-state index contributed by atoms with van der Waals surface area (Å²) in [5.41, 5.74) is -0.812. The van der Waals surface area contributed by atoms with Crippen LogP contribution in [0.15, 0.2) is 91.0 Å². The van der Waals surface area contributed by atoms with Crippen LogP contribution in [0.25, 0.3) is 0 Å². The molecular formula is C28H32BrNO4. The van der Waals surface area contributed by atoms with E-state index in [0.29, 0.717) is 17.7 Å². The van der Waals surface area contributed by atoms with Gasteiger partial charge in [0.05, 0.1) is 20.1 Å². The van der Waals surface area contributed by atoms with E-state index in [1.807, 2.05) is 66.7 Å². The van der Waals surface area contributed by atoms with Crippen LogP contribution >= 0.6 is 0 Å². The number of halogens is 1. The normalized spacial score (nSPS) is 20.1. The molecule has 0 unspecified atom stereocenters. The Morgan fingerprint density at radius 3 is 1.85 bits per heavy atom. The van der Waals surface area contributed by atoms with Crippen molar-refractivity contribution in [1.82, 2.24) is 0 Å². The van der Waals surface area contributed by atoms with Crippen LogP contribution in [0, 0.1) is 0 Å². The van der Waals surface area contributed by atoms with Crippen LogP contribution in [0.1, 0.15) is 24.0 Å². The van der Waals surface area contributed by atoms with Crippen LogP contribution in [0.3, 0.4) is 0 Å². The Hall–Kier alpha value is -2.67. The van der Waals surface area contributed by atoms with Crippen LogP contribution < -0.4 is 21.7 Å². The SMILES string of the molecule is C[N@+]1(CCOc2ccccc2)CC[C@H](OC(=O)C(O)(c2ccccc2)c2ccccc2)CC1.[Br-]. The number of aliphatic hydroxyl groups is 1. The number of ether oxygens (including phenoxy) is 2. The van der Waals surface area contributed by atoms with Gasteiger partial charge in [-0.15, -0.1) is 0 Å². The summed E-state index contributed by atoms with van der Waals surface area (Å²) in [6.07, 6.45) is 1.30. The molecule has 1 saturated heterocycles. The highest BCUT2D eigenvalue weighted by atomic mass is 79.9. The molecule has 1 aliphatic rings. The maximum Gasteiger partial charge on any atom is 0.347 e. The number of nitrogens with zero attached hydrogens (tertiary/aromatic N) is 1. The zero-order chi connectivity index (χ0) is 23.2. The lowest BCUT2D eigenvalue weighted by molar-refractivity contribution is -0.915. The number of rotatable bonds is 8. The lowest BCUT2D eigenvalue weighted by atomic mass is 9.86. The maximum absolute atomic E-state index is 13.3. The van der Waals surface area contributed by atoms with Crippen molar-refractivity contribution in [2.75, 3.05) is 33.3 Å². The molecule has 1 fully saturated rings. The van der Waals surface area contributed by atoms with Gasteiger partial charge in [-0.2, -0.15) is 0 Å². The molecule has 6 heteroatoms. The second-order valence-electron chi connectivity index (χ2n) is 9.00. The van der Waals surface area contributed by atoms with E-state index in [9.17, 15) is 9.90 Å². The molecule has 0 amide bonds. The molecule has 0 aliphatic carbocycles. The molecule has 180 valence electrons. The number of hydrogen-bond acceptors (Lipinski definition) is 4. The number of quaternary nitrogens is 1. The van der Waals surface area contributed by atoms with E-state index >= 15 is 0 Å². The third-order valence-electron chi connectivity index (χ3n) is 6.58. The van der Waals surface area contributed by atoms with Gasteiger partial charge >= 0.3 is 5.97 Å². The Bertz CT molecular complexity index is 983. The van der Waals surface area contributed by atoms with E-state index in [1.165, 1.54) is 0 Å². The fourth-order valence-corrected chi connectivity index (χ4v) is 4.41. The fourth-order valence-electron chi connectivity index (χ4n) is 4.41. The molecule has 3 aromatic carbocycles. The third-order valence-corrected chi connectivity index (χ3v) is 6.58. The van der Waals surface area contributed by atoms with Crippen LogP contribution in [-0.4, -0.2) is 55.0 Å². The van der Waals surface area contributed by atoms with Crippen molar-refractivity contribution in [3.8, 4) is 5.75 Å². The summed E-state index contributed by atoms with van der Waals surface area (Å²) in [7, 11) is 2.22. The minimum atomic E-state index is -1.83. The lowest BCUT2D eigenvalue weighted by Crippen LogP contribution is -3.00. The lowest BCUT2D eigenvalue weighted by Gasteiger charge is -2.40. The van der Waals surface area contributed by atoms with Gasteiger partial charge in [0.2, 0.25) is 5.60 Å². The van der Waals surface area contributed by atoms with Crippen molar-refractivity contribution >= 4 is 5.97 Å². The molecule has 5 nitrogen and oxygen atoms in total. The molecule has 1 heterocycles. The Labute approximate surface area is 212 Å². The number of esters is 1. The average molecular weight is 526 g/mol. The molecule has 1 aliphatic heterocycles. The number of para-hydroxylation sites is 1. The van der Waals surface area contributed by atoms with Gasteiger partial charge in [0.1, 0.15) is 25.0 Å². The smallest absolute Gasteiger partial charge is 0.347 e. The number of likely N-dealkylation sites (tertiary alicyclic amines) is 1. The quantitative estimate of drug-likeness (QED) is 0.354. The van der Waals surface area contributed by atoms with Crippen molar-refractivity contribution < 1.29 is 40.8 Å². The first-order valence-electron chi connectivity index (χ1n) is 11.6. The number of likely N-dealkylation sites (N-methyl/N-ethyl adjacent to an activating group) is 1. The summed E-state index contributed by atoms with van der Waals surface area (Å²) in [4.78, 5) is 13.3. The molecule has 0 atom stereocenters. The summed E-state index contributed by atoms with van der Waals surface area (Å²) in [5, 5.41) is 11.6. The standard InChI is InChI=1S/C28H32NO4.BrH/c1-29(21-22-32-25-15-9-4-10-16-25)19-17-26(18-20-29)33-27(30)28(31,23-11-5-2-6-12-23)24-13-7-3-8-14-24;/h2-16,26,31H,17-22H2,1H3;1H/q+1;/p-1/t26-,29-;. The molecule has 4 rings (SSSR count). The van der Waals surface area contributed by atoms with E-state index in [1.54, 1.807) is 24.3 Å². The van der Waals surface area contributed by atoms with Gasteiger partial charge in [-0.1, -0.05) is 78.9 Å². The van der Waals surface area contributed by atoms with Gasteiger partial charge < -0.3 is 36.0 Å². The first kappa shape index (κ1) is 25.9. The Kier molecular flexibility index (Phi) is 8.89. The second-order valence-corrected chi connectivity index (χ2v) is 9.00. The van der Waals surface area contributed by atoms with Gasteiger partial charge in [0, 0.05) is 12.8 Å². The molecule has 3 aromatic rings. The number of carbonyl (C=O) groups is 1. The molecule has 0 radical (unpaired) electrons. The summed E-state index contributed by atoms with van der Waals surface area (Å²) in [5.74, 6) is 0.266. The highest BCUT2D eigenvalue weighted by Gasteiger charge is 2.43. The summed E-state index contributed by atoms with van der Waals surface area (Å²) in [6, 6.07) is 27.9. The molecule has 1 N–H and O–H groups in total. The van der Waals surface area contributed by atoms with Crippen LogP contribution in [-0.2, 0) is 15.1 Å². The van der Waals surface area contributed by atoms with E-state index in [0.717, 1.165) is 42.7 Å². The number of benzene rings is 3. The van der Waals surface area contributed by atoms with E-state index in [4.69, 9.17) is 9.47 Å². The molecule has 0 saturated carbocycles. The minimum absolute atomic E-state index is 0. The third kappa shape index (κ3) is 6.06. The van der Waals surface area contributed by atoms with E-state index in [-0.39, 0.29) is 23.1 Å². The average Bonchev–Trinajstić information content (AvgIpc) is 2.87. The minimum Gasteiger partial charge on any atom is -1.00 e. The summed E-state index contributed by atoms with van der Waals surface area (Å²) < 4.78 is 12.7. The highest BCUT2D eigenvalue weighted by Crippen LogP contribution is 2.32. The molecular weight excluding hydrogens is 494 g/mol. The monoisotopic (exact) mass is 525 g/mol. The molecule has 34 heavy (non-hydrogen) atoms. The Morgan fingerprint density at radius 2 is 1.35 bits per heavy atom. The van der Waals surface area contributed by atoms with Crippen LogP contribution in [0.2, 0.25) is 0 Å². The number of carbonyl (C=O) groups excluding carboxylic acids is 1. The highest BCUT2D eigenvalue weighted by molar-refractivity contribution is 5.85. The van der Waals surface area contributed by atoms with Crippen molar-refractivity contribution in [2.45, 2.75) is 24.5 Å². The molecule has 0 spiro atoms. The zero-order valence-electron chi connectivity index (χ0n) is 19.5. The van der Waals surface area contributed by atoms with Gasteiger partial charge in [-0.25, -0.2) is 4.79 Å². The zero-order valence-corrected chi connectivity index (χ0v) is 21.1. The Balaban J connectivity index is 0.00000324. The fraction of sp³-hybridized carbons (Fsp3) is 0.321. The van der Waals surface area contributed by atoms with Gasteiger partial charge in [0.15, 0.2) is 0 Å². The van der Waals surface area contributed by atoms with Gasteiger partial charge in [0.25, 0.3) is 0 Å². The predicted molar refractivity (Wildman–Crippen MR) is 128 cm³/mol. The summed E-state index contributed by atoms with van der Waals surface area (Å²) in [6.45, 7) is 3.33. The van der Waals surface area contributed by atoms with Crippen LogP contribution in [0.5, 0.6) is 5.75 Å². The maximum atomic E-state index is 13.3. The summed E-state index contributed by atoms with van der Waals surface area (Å²) >= 11 is 0. The van der Waals surface area contributed by atoms with E-state index in [2.05, 4.69) is 7.05 Å². The predicted octanol–water partition coefficient (Wildman–Crippen LogP) is 1.16. The first-order chi connectivity index (χ1) is 16.0. The van der Waals surface area contributed by atoms with Crippen molar-refractivity contribution in [3.05, 3.63) is 102 Å². The van der Waals surface area contributed by atoms with Gasteiger partial charge in [-0.3, -0.25) is 0 Å². The molecule has 0 bridgehead atoms. The molecule has 0 aromatic heterocycles. The van der Waals surface area contributed by atoms with E-state index < -0.39 is 11.6 Å². The number of piperidine rings is 1. The topological polar surface area (TPSA) is 55.8 Å². The largest absolute Gasteiger partial charge is 1.00 e. The Morgan fingerprint density at radius 1 is 0.882 bits per heavy atom. The second kappa shape index (κ2) is 11.6. The first-order valence-corrected chi connectivity index (χ1v) is 11.6. The van der Waals surface area contributed by atoms with Crippen molar-refractivity contribution in [3.63, 3.8) is 0 Å².